The van der Waals surface area contributed by atoms with E-state index >= 15 is 0 Å². The van der Waals surface area contributed by atoms with Crippen molar-refractivity contribution < 1.29 is 9.31 Å². The fourth-order valence-corrected chi connectivity index (χ4v) is 2.82. The lowest BCUT2D eigenvalue weighted by atomic mass is 10.1. The smallest absolute Gasteiger partial charge is 0.330 e. The van der Waals surface area contributed by atoms with Crippen molar-refractivity contribution in [2.75, 3.05) is 10.6 Å². The molecule has 1 aromatic carbocycles. The van der Waals surface area contributed by atoms with Crippen molar-refractivity contribution in [1.82, 2.24) is 20.2 Å². The van der Waals surface area contributed by atoms with E-state index in [0.29, 0.717) is 11.7 Å². The van der Waals surface area contributed by atoms with Gasteiger partial charge >= 0.3 is 5.69 Å². The van der Waals surface area contributed by atoms with Crippen LogP contribution in [0, 0.1) is 15.9 Å². The Labute approximate surface area is 159 Å². The molecule has 0 radical (unpaired) electrons. The standard InChI is InChI=1S/C18H18FN7O2/c1-10(11-4-6-13(19)7-5-11)21-18-20-9-15(26(27)28)17(23-18)22-16-8-14(24-25-16)12-2-3-12/h4-10,12H,2-3H2,1H3,(H3,20,21,22,23,24,25). The summed E-state index contributed by atoms with van der Waals surface area (Å²) in [5.41, 5.74) is 1.58. The van der Waals surface area contributed by atoms with Gasteiger partial charge in [0.2, 0.25) is 11.8 Å². The summed E-state index contributed by atoms with van der Waals surface area (Å²) in [6, 6.07) is 7.65. The molecule has 144 valence electrons. The molecule has 1 aliphatic rings. The van der Waals surface area contributed by atoms with Gasteiger partial charge in [-0.05, 0) is 37.5 Å². The quantitative estimate of drug-likeness (QED) is 0.416. The molecule has 28 heavy (non-hydrogen) atoms. The van der Waals surface area contributed by atoms with Crippen LogP contribution in [-0.4, -0.2) is 25.1 Å². The van der Waals surface area contributed by atoms with Crippen molar-refractivity contribution in [3.8, 4) is 0 Å². The number of anilines is 3. The average Bonchev–Trinajstić information content (AvgIpc) is 3.42. The molecule has 0 aliphatic heterocycles. The summed E-state index contributed by atoms with van der Waals surface area (Å²) in [5.74, 6) is 0.877. The Kier molecular flexibility index (Phi) is 4.60. The van der Waals surface area contributed by atoms with E-state index in [1.165, 1.54) is 12.1 Å². The van der Waals surface area contributed by atoms with E-state index in [-0.39, 0.29) is 29.3 Å². The minimum Gasteiger partial charge on any atom is -0.348 e. The Balaban J connectivity index is 1.55. The third-order valence-electron chi connectivity index (χ3n) is 4.54. The number of nitrogens with one attached hydrogen (secondary N) is 3. The lowest BCUT2D eigenvalue weighted by molar-refractivity contribution is -0.384. The predicted octanol–water partition coefficient (Wildman–Crippen LogP) is 4.04. The molecule has 2 aromatic heterocycles. The second kappa shape index (κ2) is 7.22. The molecule has 0 bridgehead atoms. The Morgan fingerprint density at radius 1 is 1.32 bits per heavy atom. The van der Waals surface area contributed by atoms with Crippen molar-refractivity contribution in [2.24, 2.45) is 0 Å². The van der Waals surface area contributed by atoms with Gasteiger partial charge in [-0.3, -0.25) is 15.2 Å². The number of hydrogen-bond acceptors (Lipinski definition) is 7. The van der Waals surface area contributed by atoms with E-state index in [2.05, 4.69) is 30.8 Å². The topological polar surface area (TPSA) is 122 Å². The fraction of sp³-hybridized carbons (Fsp3) is 0.278. The van der Waals surface area contributed by atoms with E-state index in [0.717, 1.165) is 30.3 Å². The highest BCUT2D eigenvalue weighted by Crippen LogP contribution is 2.40. The van der Waals surface area contributed by atoms with Crippen molar-refractivity contribution >= 4 is 23.3 Å². The molecule has 1 aliphatic carbocycles. The van der Waals surface area contributed by atoms with Gasteiger partial charge in [-0.2, -0.15) is 10.1 Å². The van der Waals surface area contributed by atoms with E-state index in [9.17, 15) is 14.5 Å². The van der Waals surface area contributed by atoms with Gasteiger partial charge in [-0.1, -0.05) is 12.1 Å². The second-order valence-electron chi connectivity index (χ2n) is 6.71. The Hall–Kier alpha value is -3.56. The normalized spacial score (nSPS) is 14.5. The van der Waals surface area contributed by atoms with E-state index in [4.69, 9.17) is 0 Å². The zero-order valence-electron chi connectivity index (χ0n) is 15.0. The molecule has 1 fully saturated rings. The SMILES string of the molecule is CC(Nc1ncc([N+](=O)[O-])c(Nc2cc(C3CC3)[nH]n2)n1)c1ccc(F)cc1. The van der Waals surface area contributed by atoms with Crippen LogP contribution in [-0.2, 0) is 0 Å². The number of H-pyrrole nitrogens is 1. The van der Waals surface area contributed by atoms with Crippen molar-refractivity contribution in [3.63, 3.8) is 0 Å². The molecule has 0 amide bonds. The second-order valence-corrected chi connectivity index (χ2v) is 6.71. The number of aromatic amines is 1. The predicted molar refractivity (Wildman–Crippen MR) is 101 cm³/mol. The van der Waals surface area contributed by atoms with Crippen LogP contribution in [0.4, 0.5) is 27.7 Å². The molecule has 0 saturated heterocycles. The fourth-order valence-electron chi connectivity index (χ4n) is 2.82. The molecule has 2 heterocycles. The highest BCUT2D eigenvalue weighted by molar-refractivity contribution is 5.64. The first kappa shape index (κ1) is 17.8. The van der Waals surface area contributed by atoms with Crippen molar-refractivity contribution in [2.45, 2.75) is 31.7 Å². The van der Waals surface area contributed by atoms with Crippen LogP contribution < -0.4 is 10.6 Å². The highest BCUT2D eigenvalue weighted by Gasteiger charge is 2.26. The number of aromatic nitrogens is 4. The van der Waals surface area contributed by atoms with Crippen LogP contribution in [0.15, 0.2) is 36.5 Å². The first-order valence-corrected chi connectivity index (χ1v) is 8.85. The maximum atomic E-state index is 13.1. The zero-order valence-corrected chi connectivity index (χ0v) is 15.0. The summed E-state index contributed by atoms with van der Waals surface area (Å²) in [4.78, 5) is 19.0. The first-order chi connectivity index (χ1) is 13.5. The van der Waals surface area contributed by atoms with E-state index < -0.39 is 4.92 Å². The largest absolute Gasteiger partial charge is 0.348 e. The summed E-state index contributed by atoms with van der Waals surface area (Å²) in [7, 11) is 0. The summed E-state index contributed by atoms with van der Waals surface area (Å²) < 4.78 is 13.1. The van der Waals surface area contributed by atoms with Gasteiger partial charge in [0.05, 0.1) is 11.0 Å². The summed E-state index contributed by atoms with van der Waals surface area (Å²) in [5, 5.41) is 24.4. The zero-order chi connectivity index (χ0) is 19.7. The van der Waals surface area contributed by atoms with Crippen LogP contribution in [0.25, 0.3) is 0 Å². The van der Waals surface area contributed by atoms with Gasteiger partial charge in [-0.15, -0.1) is 0 Å². The molecule has 1 atom stereocenters. The van der Waals surface area contributed by atoms with Crippen molar-refractivity contribution in [3.05, 3.63) is 63.7 Å². The molecule has 10 heteroatoms. The lowest BCUT2D eigenvalue weighted by Gasteiger charge is -2.14. The molecule has 1 unspecified atom stereocenters. The lowest BCUT2D eigenvalue weighted by Crippen LogP contribution is -2.11. The Morgan fingerprint density at radius 3 is 2.75 bits per heavy atom. The van der Waals surface area contributed by atoms with Crippen molar-refractivity contribution in [1.29, 1.82) is 0 Å². The molecule has 0 spiro atoms. The van der Waals surface area contributed by atoms with Gasteiger partial charge in [0.15, 0.2) is 5.82 Å². The minimum atomic E-state index is -0.552. The monoisotopic (exact) mass is 383 g/mol. The van der Waals surface area contributed by atoms with Crippen LogP contribution in [0.2, 0.25) is 0 Å². The van der Waals surface area contributed by atoms with Gasteiger partial charge < -0.3 is 10.6 Å². The molecule has 3 aromatic rings. The Bertz CT molecular complexity index is 1000. The molecular weight excluding hydrogens is 365 g/mol. The van der Waals surface area contributed by atoms with E-state index in [1.54, 1.807) is 12.1 Å². The number of nitrogens with zero attached hydrogens (tertiary/aromatic N) is 4. The maximum absolute atomic E-state index is 13.1. The van der Waals surface area contributed by atoms with Gasteiger partial charge in [-0.25, -0.2) is 9.37 Å². The first-order valence-electron chi connectivity index (χ1n) is 8.85. The molecule has 4 rings (SSSR count). The maximum Gasteiger partial charge on any atom is 0.330 e. The van der Waals surface area contributed by atoms with Gasteiger partial charge in [0, 0.05) is 17.7 Å². The van der Waals surface area contributed by atoms with Crippen LogP contribution in [0.5, 0.6) is 0 Å². The third kappa shape index (κ3) is 3.90. The number of rotatable bonds is 7. The Morgan fingerprint density at radius 2 is 2.07 bits per heavy atom. The summed E-state index contributed by atoms with van der Waals surface area (Å²) in [6.07, 6.45) is 3.37. The number of benzene rings is 1. The summed E-state index contributed by atoms with van der Waals surface area (Å²) in [6.45, 7) is 1.86. The molecule has 1 saturated carbocycles. The number of hydrogen-bond donors (Lipinski definition) is 3. The number of halogens is 1. The summed E-state index contributed by atoms with van der Waals surface area (Å²) >= 11 is 0. The van der Waals surface area contributed by atoms with E-state index in [1.807, 2.05) is 13.0 Å². The van der Waals surface area contributed by atoms with Crippen LogP contribution in [0.1, 0.15) is 43.0 Å². The molecule has 9 nitrogen and oxygen atoms in total. The van der Waals surface area contributed by atoms with Crippen LogP contribution in [0.3, 0.4) is 0 Å². The molecule has 3 N–H and O–H groups in total. The molecular formula is C18H18FN7O2. The third-order valence-corrected chi connectivity index (χ3v) is 4.54. The number of nitro groups is 1. The van der Waals surface area contributed by atoms with Gasteiger partial charge in [0.1, 0.15) is 12.0 Å². The van der Waals surface area contributed by atoms with Crippen LogP contribution >= 0.6 is 0 Å². The average molecular weight is 383 g/mol. The minimum absolute atomic E-state index is 0.0441. The van der Waals surface area contributed by atoms with Gasteiger partial charge in [0.25, 0.3) is 0 Å². The highest BCUT2D eigenvalue weighted by atomic mass is 19.1.